The van der Waals surface area contributed by atoms with Crippen molar-refractivity contribution < 1.29 is 23.9 Å². The van der Waals surface area contributed by atoms with Gasteiger partial charge in [-0.1, -0.05) is 12.1 Å². The van der Waals surface area contributed by atoms with Crippen LogP contribution < -0.4 is 10.1 Å². The van der Waals surface area contributed by atoms with E-state index in [9.17, 15) is 14.4 Å². The lowest BCUT2D eigenvalue weighted by molar-refractivity contribution is -0.136. The average molecular weight is 567 g/mol. The van der Waals surface area contributed by atoms with E-state index >= 15 is 0 Å². The topological polar surface area (TPSA) is 101 Å². The molecule has 1 aliphatic carbocycles. The molecule has 4 fully saturated rings. The fraction of sp³-hybridized carbons (Fsp3) is 0.455. The van der Waals surface area contributed by atoms with E-state index < -0.39 is 11.9 Å². The van der Waals surface area contributed by atoms with Gasteiger partial charge in [0.1, 0.15) is 17.9 Å². The molecule has 216 valence electrons. The Labute approximate surface area is 244 Å². The summed E-state index contributed by atoms with van der Waals surface area (Å²) in [4.78, 5) is 45.9. The smallest absolute Gasteiger partial charge is 0.255 e. The molecule has 3 amide bonds. The molecule has 8 rings (SSSR count). The maximum Gasteiger partial charge on any atom is 0.255 e. The summed E-state index contributed by atoms with van der Waals surface area (Å²) in [6.45, 7) is 4.71. The Morgan fingerprint density at radius 1 is 1.07 bits per heavy atom. The number of ether oxygens (including phenoxy) is 2. The van der Waals surface area contributed by atoms with E-state index in [1.807, 2.05) is 12.1 Å². The summed E-state index contributed by atoms with van der Waals surface area (Å²) in [5.41, 5.74) is 5.28. The molecular formula is C33H34N4O5. The number of carbonyl (C=O) groups excluding carboxylic acids is 3. The number of nitrogens with one attached hydrogen (secondary N) is 1. The van der Waals surface area contributed by atoms with E-state index in [2.05, 4.69) is 40.5 Å². The third-order valence-corrected chi connectivity index (χ3v) is 9.94. The van der Waals surface area contributed by atoms with Crippen LogP contribution in [0.1, 0.15) is 59.3 Å². The second-order valence-electron chi connectivity index (χ2n) is 12.6. The minimum Gasteiger partial charge on any atom is -0.489 e. The zero-order valence-corrected chi connectivity index (χ0v) is 23.5. The van der Waals surface area contributed by atoms with Crippen LogP contribution >= 0.6 is 0 Å². The van der Waals surface area contributed by atoms with Gasteiger partial charge in [0.2, 0.25) is 11.8 Å². The highest BCUT2D eigenvalue weighted by Gasteiger charge is 2.57. The van der Waals surface area contributed by atoms with Gasteiger partial charge in [0.15, 0.2) is 0 Å². The normalized spacial score (nSPS) is 29.0. The number of hydrogen-bond donors (Lipinski definition) is 1. The summed E-state index contributed by atoms with van der Waals surface area (Å²) in [6.07, 6.45) is 3.89. The van der Waals surface area contributed by atoms with Crippen molar-refractivity contribution in [3.8, 4) is 5.75 Å². The van der Waals surface area contributed by atoms with Gasteiger partial charge < -0.3 is 14.4 Å². The van der Waals surface area contributed by atoms with Crippen LogP contribution in [0.15, 0.2) is 48.5 Å². The van der Waals surface area contributed by atoms with E-state index in [0.29, 0.717) is 24.4 Å². The van der Waals surface area contributed by atoms with Crippen molar-refractivity contribution in [3.05, 3.63) is 70.9 Å². The third kappa shape index (κ3) is 4.46. The first kappa shape index (κ1) is 25.9. The van der Waals surface area contributed by atoms with E-state index in [0.717, 1.165) is 62.5 Å². The first-order chi connectivity index (χ1) is 20.4. The molecule has 42 heavy (non-hydrogen) atoms. The van der Waals surface area contributed by atoms with Crippen LogP contribution in [-0.2, 0) is 32.8 Å². The Bertz CT molecular complexity index is 1620. The van der Waals surface area contributed by atoms with E-state index in [4.69, 9.17) is 14.5 Å². The van der Waals surface area contributed by atoms with Gasteiger partial charge in [-0.05, 0) is 79.1 Å². The highest BCUT2D eigenvalue weighted by Crippen LogP contribution is 2.58. The SMILES string of the molecule is O=C1CCC(N2Cc3cc(O[C@H]4CCN(Cc5ccc6nc(C78CCOCC7C8)ccc6c5)C4)ccc3C2=O)C(=O)N1. The Morgan fingerprint density at radius 3 is 2.88 bits per heavy atom. The number of imide groups is 1. The maximum atomic E-state index is 13.0. The summed E-state index contributed by atoms with van der Waals surface area (Å²) < 4.78 is 12.0. The fourth-order valence-electron chi connectivity index (χ4n) is 7.49. The molecule has 3 aromatic rings. The number of amides is 3. The van der Waals surface area contributed by atoms with Gasteiger partial charge in [-0.25, -0.2) is 0 Å². The van der Waals surface area contributed by atoms with Crippen molar-refractivity contribution in [1.29, 1.82) is 0 Å². The van der Waals surface area contributed by atoms with Crippen LogP contribution in [0.4, 0.5) is 0 Å². The number of piperidine rings is 1. The maximum absolute atomic E-state index is 13.0. The summed E-state index contributed by atoms with van der Waals surface area (Å²) in [7, 11) is 0. The summed E-state index contributed by atoms with van der Waals surface area (Å²) in [5, 5.41) is 3.54. The first-order valence-electron chi connectivity index (χ1n) is 15.1. The summed E-state index contributed by atoms with van der Waals surface area (Å²) in [5.74, 6) is 0.531. The number of nitrogens with zero attached hydrogens (tertiary/aromatic N) is 3. The number of fused-ring (bicyclic) bond motifs is 3. The van der Waals surface area contributed by atoms with Crippen LogP contribution in [0.2, 0.25) is 0 Å². The van der Waals surface area contributed by atoms with Crippen molar-refractivity contribution in [2.24, 2.45) is 5.92 Å². The molecule has 0 bridgehead atoms. The second-order valence-corrected chi connectivity index (χ2v) is 12.6. The van der Waals surface area contributed by atoms with Crippen LogP contribution in [0, 0.1) is 5.92 Å². The molecule has 9 nitrogen and oxygen atoms in total. The Morgan fingerprint density at radius 2 is 2.00 bits per heavy atom. The van der Waals surface area contributed by atoms with Gasteiger partial charge in [-0.2, -0.15) is 0 Å². The quantitative estimate of drug-likeness (QED) is 0.457. The van der Waals surface area contributed by atoms with Gasteiger partial charge in [-0.15, -0.1) is 0 Å². The standard InChI is InChI=1S/C33H34N4O5/c38-30-8-6-28(31(39)35-30)37-17-22-14-24(3-4-26(22)32(37)40)42-25-9-11-36(18-25)16-20-1-5-27-21(13-20)2-7-29(34-27)33-10-12-41-19-23(33)15-33/h1-5,7,13-14,23,25,28H,6,8-12,15-19H2,(H,35,38,39)/t23?,25-,28?,33?/m0/s1. The third-order valence-electron chi connectivity index (χ3n) is 9.94. The molecule has 3 saturated heterocycles. The summed E-state index contributed by atoms with van der Waals surface area (Å²) >= 11 is 0. The van der Waals surface area contributed by atoms with Gasteiger partial charge >= 0.3 is 0 Å². The number of pyridine rings is 1. The highest BCUT2D eigenvalue weighted by molar-refractivity contribution is 6.05. The lowest BCUT2D eigenvalue weighted by Crippen LogP contribution is -2.52. The molecule has 1 aromatic heterocycles. The molecular weight excluding hydrogens is 532 g/mol. The largest absolute Gasteiger partial charge is 0.489 e. The first-order valence-corrected chi connectivity index (χ1v) is 15.1. The molecule has 0 radical (unpaired) electrons. The average Bonchev–Trinajstić information content (AvgIpc) is 3.47. The Hall–Kier alpha value is -3.82. The number of rotatable bonds is 6. The van der Waals surface area contributed by atoms with Crippen molar-refractivity contribution in [1.82, 2.24) is 20.1 Å². The minimum atomic E-state index is -0.611. The lowest BCUT2D eigenvalue weighted by Gasteiger charge is -2.29. The fourth-order valence-corrected chi connectivity index (χ4v) is 7.49. The number of hydrogen-bond acceptors (Lipinski definition) is 7. The number of likely N-dealkylation sites (tertiary alicyclic amines) is 1. The number of carbonyl (C=O) groups is 3. The zero-order chi connectivity index (χ0) is 28.4. The zero-order valence-electron chi connectivity index (χ0n) is 23.5. The number of benzene rings is 2. The van der Waals surface area contributed by atoms with Crippen molar-refractivity contribution in [2.45, 2.75) is 62.8 Å². The van der Waals surface area contributed by atoms with Gasteiger partial charge in [0, 0.05) is 61.3 Å². The molecule has 5 aliphatic rings. The monoisotopic (exact) mass is 566 g/mol. The second kappa shape index (κ2) is 9.88. The molecule has 1 saturated carbocycles. The van der Waals surface area contributed by atoms with Crippen LogP contribution in [0.5, 0.6) is 5.75 Å². The van der Waals surface area contributed by atoms with E-state index in [1.54, 1.807) is 11.0 Å². The minimum absolute atomic E-state index is 0.0706. The molecule has 5 heterocycles. The summed E-state index contributed by atoms with van der Waals surface area (Å²) in [6, 6.07) is 16.0. The Balaban J connectivity index is 0.891. The molecule has 2 aromatic carbocycles. The lowest BCUT2D eigenvalue weighted by atomic mass is 9.93. The molecule has 3 unspecified atom stereocenters. The van der Waals surface area contributed by atoms with Crippen molar-refractivity contribution in [3.63, 3.8) is 0 Å². The van der Waals surface area contributed by atoms with Crippen LogP contribution in [-0.4, -0.2) is 71.0 Å². The van der Waals surface area contributed by atoms with E-state index in [-0.39, 0.29) is 29.8 Å². The van der Waals surface area contributed by atoms with Gasteiger partial charge in [0.25, 0.3) is 5.91 Å². The molecule has 9 heteroatoms. The van der Waals surface area contributed by atoms with Gasteiger partial charge in [-0.3, -0.25) is 29.6 Å². The molecule has 1 N–H and O–H groups in total. The molecule has 4 aliphatic heterocycles. The Kier molecular flexibility index (Phi) is 6.08. The molecule has 4 atom stereocenters. The van der Waals surface area contributed by atoms with Gasteiger partial charge in [0.05, 0.1) is 12.1 Å². The van der Waals surface area contributed by atoms with Crippen LogP contribution in [0.25, 0.3) is 10.9 Å². The van der Waals surface area contributed by atoms with Crippen molar-refractivity contribution >= 4 is 28.6 Å². The molecule has 0 spiro atoms. The highest BCUT2D eigenvalue weighted by atomic mass is 16.5. The van der Waals surface area contributed by atoms with Crippen LogP contribution in [0.3, 0.4) is 0 Å². The predicted octanol–water partition coefficient (Wildman–Crippen LogP) is 3.33. The number of aromatic nitrogens is 1. The predicted molar refractivity (Wildman–Crippen MR) is 154 cm³/mol. The van der Waals surface area contributed by atoms with Crippen molar-refractivity contribution in [2.75, 3.05) is 26.3 Å². The van der Waals surface area contributed by atoms with E-state index in [1.165, 1.54) is 23.1 Å².